The highest BCUT2D eigenvalue weighted by molar-refractivity contribution is 7.22. The highest BCUT2D eigenvalue weighted by atomic mass is 32.1. The lowest BCUT2D eigenvalue weighted by Crippen LogP contribution is -2.03. The molecule has 0 unspecified atom stereocenters. The molecule has 0 bridgehead atoms. The van der Waals surface area contributed by atoms with Crippen molar-refractivity contribution >= 4 is 53.9 Å². The minimum absolute atomic E-state index is 0.844. The highest BCUT2D eigenvalue weighted by Crippen LogP contribution is 2.43. The predicted octanol–water partition coefficient (Wildman–Crippen LogP) is 13.9. The predicted molar refractivity (Wildman–Crippen MR) is 226 cm³/mol. The molecule has 0 spiro atoms. The monoisotopic (exact) mass is 691 g/mol. The van der Waals surface area contributed by atoms with Crippen LogP contribution >= 0.6 is 11.3 Å². The molecule has 53 heavy (non-hydrogen) atoms. The van der Waals surface area contributed by atoms with Gasteiger partial charge in [-0.3, -0.25) is 0 Å². The number of nitrogens with zero attached hydrogens (tertiary/aromatic N) is 1. The van der Waals surface area contributed by atoms with Crippen molar-refractivity contribution in [3.05, 3.63) is 198 Å². The molecule has 248 valence electrons. The first-order valence-corrected chi connectivity index (χ1v) is 19.2. The molecule has 0 fully saturated rings. The van der Waals surface area contributed by atoms with Crippen LogP contribution < -0.4 is 0 Å². The lowest BCUT2D eigenvalue weighted by molar-refractivity contribution is 1.15. The first kappa shape index (κ1) is 30.3. The molecule has 9 aromatic carbocycles. The lowest BCUT2D eigenvalue weighted by Gasteiger charge is -2.22. The maximum Gasteiger partial charge on any atom is 0.124 e. The molecule has 0 saturated carbocycles. The van der Waals surface area contributed by atoms with Gasteiger partial charge in [-0.15, -0.1) is 11.3 Å². The van der Waals surface area contributed by atoms with Crippen LogP contribution in [0.2, 0.25) is 0 Å². The number of hydrogen-bond donors (Lipinski definition) is 0. The summed E-state index contributed by atoms with van der Waals surface area (Å²) in [6.45, 7) is 0. The zero-order valence-electron chi connectivity index (χ0n) is 29.0. The molecule has 2 heteroatoms. The van der Waals surface area contributed by atoms with Gasteiger partial charge in [0.25, 0.3) is 0 Å². The van der Waals surface area contributed by atoms with Crippen molar-refractivity contribution in [3.8, 4) is 44.0 Å². The molecule has 1 nitrogen and oxygen atoms in total. The van der Waals surface area contributed by atoms with Crippen molar-refractivity contribution in [3.63, 3.8) is 0 Å². The highest BCUT2D eigenvalue weighted by Gasteiger charge is 2.21. The summed E-state index contributed by atoms with van der Waals surface area (Å²) in [5, 5.41) is 8.70. The van der Waals surface area contributed by atoms with E-state index in [0.29, 0.717) is 0 Å². The van der Waals surface area contributed by atoms with Crippen molar-refractivity contribution in [2.45, 2.75) is 12.8 Å². The van der Waals surface area contributed by atoms with Gasteiger partial charge in [-0.2, -0.15) is 0 Å². The third kappa shape index (κ3) is 5.02. The van der Waals surface area contributed by atoms with Gasteiger partial charge in [0.1, 0.15) is 5.01 Å². The van der Waals surface area contributed by atoms with Crippen LogP contribution in [0.4, 0.5) is 0 Å². The maximum absolute atomic E-state index is 5.09. The molecule has 0 atom stereocenters. The van der Waals surface area contributed by atoms with E-state index in [4.69, 9.17) is 4.98 Å². The fraction of sp³-hybridized carbons (Fsp3) is 0.0392. The van der Waals surface area contributed by atoms with Crippen LogP contribution in [0.1, 0.15) is 22.3 Å². The van der Waals surface area contributed by atoms with Gasteiger partial charge in [-0.05, 0) is 108 Å². The summed E-state index contributed by atoms with van der Waals surface area (Å²) in [4.78, 5) is 5.09. The Kier molecular flexibility index (Phi) is 6.93. The molecule has 0 aliphatic heterocycles. The Morgan fingerprint density at radius 3 is 1.87 bits per heavy atom. The Morgan fingerprint density at radius 2 is 1.02 bits per heavy atom. The van der Waals surface area contributed by atoms with E-state index in [1.807, 2.05) is 0 Å². The van der Waals surface area contributed by atoms with E-state index in [0.717, 1.165) is 28.9 Å². The zero-order valence-corrected chi connectivity index (χ0v) is 29.8. The number of benzene rings is 9. The van der Waals surface area contributed by atoms with Crippen LogP contribution in [0, 0.1) is 0 Å². The normalized spacial score (nSPS) is 12.4. The van der Waals surface area contributed by atoms with E-state index in [2.05, 4.69) is 176 Å². The minimum atomic E-state index is 0.844. The Hall–Kier alpha value is -6.35. The van der Waals surface area contributed by atoms with Crippen LogP contribution in [0.25, 0.3) is 86.5 Å². The summed E-state index contributed by atoms with van der Waals surface area (Å²) < 4.78 is 1.25. The fourth-order valence-electron chi connectivity index (χ4n) is 8.64. The van der Waals surface area contributed by atoms with Gasteiger partial charge >= 0.3 is 0 Å². The van der Waals surface area contributed by atoms with Crippen molar-refractivity contribution in [2.24, 2.45) is 0 Å². The van der Waals surface area contributed by atoms with Gasteiger partial charge in [0.15, 0.2) is 0 Å². The standard InChI is InChI=1S/C51H33NS/c1-2-11-35(12-3-1)51-52-47-27-25-34-21-18-33-19-22-37(31-46(33)49(34)50(47)53-51)36-24-26-45-41(28-36)30-39-14-6-8-16-43(39)42-15-7-5-13-38(42)29-40-23-20-32-10-4-9-17-44(32)48(40)45/h1-28,31H,29-30H2. The van der Waals surface area contributed by atoms with E-state index in [9.17, 15) is 0 Å². The van der Waals surface area contributed by atoms with Crippen LogP contribution in [0.15, 0.2) is 176 Å². The number of rotatable bonds is 2. The van der Waals surface area contributed by atoms with Crippen LogP contribution in [0.3, 0.4) is 0 Å². The smallest absolute Gasteiger partial charge is 0.124 e. The second kappa shape index (κ2) is 12.1. The van der Waals surface area contributed by atoms with Crippen molar-refractivity contribution in [2.75, 3.05) is 0 Å². The van der Waals surface area contributed by atoms with Crippen molar-refractivity contribution < 1.29 is 0 Å². The molecule has 0 saturated heterocycles. The van der Waals surface area contributed by atoms with E-state index in [1.165, 1.54) is 92.7 Å². The first-order chi connectivity index (χ1) is 26.2. The Morgan fingerprint density at radius 1 is 0.396 bits per heavy atom. The number of fused-ring (bicyclic) bond motifs is 13. The fourth-order valence-corrected chi connectivity index (χ4v) is 9.77. The molecule has 1 aromatic heterocycles. The third-order valence-electron chi connectivity index (χ3n) is 11.2. The summed E-state index contributed by atoms with van der Waals surface area (Å²) in [5.74, 6) is 0. The summed E-state index contributed by atoms with van der Waals surface area (Å²) in [7, 11) is 0. The van der Waals surface area contributed by atoms with Gasteiger partial charge < -0.3 is 0 Å². The van der Waals surface area contributed by atoms with Gasteiger partial charge in [0.05, 0.1) is 10.2 Å². The zero-order chi connectivity index (χ0) is 34.9. The van der Waals surface area contributed by atoms with Crippen molar-refractivity contribution in [1.82, 2.24) is 4.98 Å². The number of thiazole rings is 1. The van der Waals surface area contributed by atoms with Crippen LogP contribution in [-0.4, -0.2) is 4.98 Å². The molecule has 0 radical (unpaired) electrons. The van der Waals surface area contributed by atoms with Gasteiger partial charge in [0, 0.05) is 10.9 Å². The minimum Gasteiger partial charge on any atom is -0.236 e. The maximum atomic E-state index is 5.09. The second-order valence-electron chi connectivity index (χ2n) is 14.3. The summed E-state index contributed by atoms with van der Waals surface area (Å²) >= 11 is 1.79. The summed E-state index contributed by atoms with van der Waals surface area (Å²) in [6, 6.07) is 65.2. The molecule has 1 heterocycles. The summed E-state index contributed by atoms with van der Waals surface area (Å²) in [6.07, 6.45) is 1.72. The molecule has 1 aliphatic carbocycles. The lowest BCUT2D eigenvalue weighted by atomic mass is 9.81. The largest absolute Gasteiger partial charge is 0.236 e. The second-order valence-corrected chi connectivity index (χ2v) is 15.3. The Bertz CT molecular complexity index is 3060. The van der Waals surface area contributed by atoms with E-state index >= 15 is 0 Å². The van der Waals surface area contributed by atoms with E-state index in [1.54, 1.807) is 11.3 Å². The van der Waals surface area contributed by atoms with Gasteiger partial charge in [-0.25, -0.2) is 4.98 Å². The van der Waals surface area contributed by atoms with E-state index < -0.39 is 0 Å². The van der Waals surface area contributed by atoms with Gasteiger partial charge in [-0.1, -0.05) is 164 Å². The molecule has 1 aliphatic rings. The van der Waals surface area contributed by atoms with Crippen LogP contribution in [0.5, 0.6) is 0 Å². The molecule has 10 aromatic rings. The summed E-state index contributed by atoms with van der Waals surface area (Å²) in [5.41, 5.74) is 15.4. The Balaban J connectivity index is 1.13. The average Bonchev–Trinajstić information content (AvgIpc) is 3.66. The quantitative estimate of drug-likeness (QED) is 0.164. The number of hydrogen-bond acceptors (Lipinski definition) is 2. The van der Waals surface area contributed by atoms with Crippen molar-refractivity contribution in [1.29, 1.82) is 0 Å². The molecule has 0 N–H and O–H groups in total. The molecule has 11 rings (SSSR count). The SMILES string of the molecule is c1ccc(-c2nc3ccc4ccc5ccc(-c6ccc7c(c6)Cc6ccccc6-c6ccccc6Cc6ccc8ccccc8c6-7)cc5c4c3s2)cc1. The number of aromatic nitrogens is 1. The topological polar surface area (TPSA) is 12.9 Å². The molecular weight excluding hydrogens is 659 g/mol. The first-order valence-electron chi connectivity index (χ1n) is 18.4. The average molecular weight is 692 g/mol. The van der Waals surface area contributed by atoms with E-state index in [-0.39, 0.29) is 0 Å². The third-order valence-corrected chi connectivity index (χ3v) is 12.3. The Labute approximate surface area is 312 Å². The van der Waals surface area contributed by atoms with Gasteiger partial charge in [0.2, 0.25) is 0 Å². The molecular formula is C51H33NS. The van der Waals surface area contributed by atoms with Crippen LogP contribution in [-0.2, 0) is 12.8 Å². The molecule has 0 amide bonds.